The second-order valence-electron chi connectivity index (χ2n) is 6.26. The van der Waals surface area contributed by atoms with Crippen LogP contribution in [-0.2, 0) is 4.79 Å². The third-order valence-corrected chi connectivity index (χ3v) is 5.41. The average Bonchev–Trinajstić information content (AvgIpc) is 3.34. The standard InChI is InChI=1S/C22H18BrN3O5S/c1-30-18-11-14(4-9-17(18)31-22(29)19-3-2-10-32-19)12-25-26-20(27)13-24-21(28)15-5-7-16(23)8-6-15/h2-12H,13H2,1H3,(H,24,28)(H,26,27)/b25-12-. The van der Waals surface area contributed by atoms with Crippen molar-refractivity contribution in [1.82, 2.24) is 10.7 Å². The Balaban J connectivity index is 1.52. The lowest BCUT2D eigenvalue weighted by Crippen LogP contribution is -2.34. The molecule has 2 aromatic carbocycles. The van der Waals surface area contributed by atoms with Crippen LogP contribution < -0.4 is 20.2 Å². The molecule has 0 fully saturated rings. The minimum atomic E-state index is -0.486. The maximum absolute atomic E-state index is 12.1. The molecule has 1 aromatic heterocycles. The van der Waals surface area contributed by atoms with Gasteiger partial charge in [0.05, 0.1) is 19.9 Å². The quantitative estimate of drug-likeness (QED) is 0.206. The molecule has 3 aromatic rings. The van der Waals surface area contributed by atoms with Gasteiger partial charge in [-0.1, -0.05) is 22.0 Å². The number of nitrogens with one attached hydrogen (secondary N) is 2. The summed E-state index contributed by atoms with van der Waals surface area (Å²) < 4.78 is 11.5. The summed E-state index contributed by atoms with van der Waals surface area (Å²) in [5, 5.41) is 8.17. The first-order chi connectivity index (χ1) is 15.5. The maximum atomic E-state index is 12.1. The van der Waals surface area contributed by atoms with Crippen molar-refractivity contribution < 1.29 is 23.9 Å². The molecular formula is C22H18BrN3O5S. The molecule has 0 aliphatic carbocycles. The smallest absolute Gasteiger partial charge is 0.353 e. The minimum Gasteiger partial charge on any atom is -0.493 e. The Bertz CT molecular complexity index is 1130. The Hall–Kier alpha value is -3.50. The summed E-state index contributed by atoms with van der Waals surface area (Å²) in [6, 6.07) is 15.0. The van der Waals surface area contributed by atoms with E-state index in [4.69, 9.17) is 9.47 Å². The Morgan fingerprint density at radius 2 is 1.88 bits per heavy atom. The normalized spacial score (nSPS) is 10.6. The van der Waals surface area contributed by atoms with Crippen molar-refractivity contribution in [3.8, 4) is 11.5 Å². The van der Waals surface area contributed by atoms with E-state index in [0.29, 0.717) is 21.8 Å². The largest absolute Gasteiger partial charge is 0.493 e. The number of rotatable bonds is 8. The number of hydrogen-bond donors (Lipinski definition) is 2. The second kappa shape index (κ2) is 11.2. The molecule has 0 bridgehead atoms. The molecule has 2 N–H and O–H groups in total. The summed E-state index contributed by atoms with van der Waals surface area (Å²) in [5.41, 5.74) is 3.38. The van der Waals surface area contributed by atoms with E-state index in [9.17, 15) is 14.4 Å². The third-order valence-electron chi connectivity index (χ3n) is 4.03. The van der Waals surface area contributed by atoms with Gasteiger partial charge in [-0.2, -0.15) is 5.10 Å². The highest BCUT2D eigenvalue weighted by atomic mass is 79.9. The van der Waals surface area contributed by atoms with Crippen molar-refractivity contribution in [3.05, 3.63) is 80.5 Å². The van der Waals surface area contributed by atoms with Gasteiger partial charge in [-0.25, -0.2) is 10.2 Å². The van der Waals surface area contributed by atoms with Crippen LogP contribution in [-0.4, -0.2) is 37.7 Å². The summed E-state index contributed by atoms with van der Waals surface area (Å²) in [6.07, 6.45) is 1.40. The molecule has 8 nitrogen and oxygen atoms in total. The van der Waals surface area contributed by atoms with Gasteiger partial charge in [0, 0.05) is 10.0 Å². The zero-order valence-electron chi connectivity index (χ0n) is 16.8. The van der Waals surface area contributed by atoms with Gasteiger partial charge in [0.2, 0.25) is 0 Å². The fourth-order valence-electron chi connectivity index (χ4n) is 2.48. The van der Waals surface area contributed by atoms with E-state index in [1.54, 1.807) is 60.0 Å². The van der Waals surface area contributed by atoms with Gasteiger partial charge in [0.15, 0.2) is 11.5 Å². The Morgan fingerprint density at radius 1 is 1.09 bits per heavy atom. The molecule has 10 heteroatoms. The molecule has 2 amide bonds. The van der Waals surface area contributed by atoms with Gasteiger partial charge in [-0.15, -0.1) is 11.3 Å². The second-order valence-corrected chi connectivity index (χ2v) is 8.12. The summed E-state index contributed by atoms with van der Waals surface area (Å²) >= 11 is 4.58. The van der Waals surface area contributed by atoms with Crippen LogP contribution in [0.5, 0.6) is 11.5 Å². The van der Waals surface area contributed by atoms with Gasteiger partial charge >= 0.3 is 5.97 Å². The van der Waals surface area contributed by atoms with Crippen LogP contribution >= 0.6 is 27.3 Å². The summed E-state index contributed by atoms with van der Waals surface area (Å²) in [4.78, 5) is 36.5. The highest BCUT2D eigenvalue weighted by Crippen LogP contribution is 2.28. The Morgan fingerprint density at radius 3 is 2.56 bits per heavy atom. The Kier molecular flexibility index (Phi) is 8.12. The molecule has 0 atom stereocenters. The molecule has 0 aliphatic heterocycles. The van der Waals surface area contributed by atoms with E-state index in [1.165, 1.54) is 24.7 Å². The number of carbonyl (C=O) groups excluding carboxylic acids is 3. The first-order valence-corrected chi connectivity index (χ1v) is 10.9. The molecule has 164 valence electrons. The topological polar surface area (TPSA) is 106 Å². The molecule has 3 rings (SSSR count). The number of benzene rings is 2. The predicted octanol–water partition coefficient (Wildman–Crippen LogP) is 3.62. The van der Waals surface area contributed by atoms with Crippen LogP contribution in [0.15, 0.2) is 69.6 Å². The van der Waals surface area contributed by atoms with Crippen molar-refractivity contribution >= 4 is 51.3 Å². The van der Waals surface area contributed by atoms with E-state index in [2.05, 4.69) is 31.8 Å². The SMILES string of the molecule is COc1cc(/C=N\NC(=O)CNC(=O)c2ccc(Br)cc2)ccc1OC(=O)c1cccs1. The van der Waals surface area contributed by atoms with E-state index in [0.717, 1.165) is 4.47 Å². The summed E-state index contributed by atoms with van der Waals surface area (Å²) in [5.74, 6) is -0.721. The van der Waals surface area contributed by atoms with Gasteiger partial charge in [0.1, 0.15) is 4.88 Å². The number of esters is 1. The van der Waals surface area contributed by atoms with E-state index in [-0.39, 0.29) is 18.2 Å². The van der Waals surface area contributed by atoms with Gasteiger partial charge in [0.25, 0.3) is 11.8 Å². The number of nitrogens with zero attached hydrogens (tertiary/aromatic N) is 1. The third kappa shape index (κ3) is 6.50. The van der Waals surface area contributed by atoms with Crippen LogP contribution in [0.1, 0.15) is 25.6 Å². The zero-order valence-corrected chi connectivity index (χ0v) is 19.2. The molecule has 0 saturated heterocycles. The fourth-order valence-corrected chi connectivity index (χ4v) is 3.34. The van der Waals surface area contributed by atoms with Crippen molar-refractivity contribution in [2.24, 2.45) is 5.10 Å². The van der Waals surface area contributed by atoms with Crippen LogP contribution in [0.25, 0.3) is 0 Å². The molecular weight excluding hydrogens is 498 g/mol. The number of hydrogen-bond acceptors (Lipinski definition) is 7. The highest BCUT2D eigenvalue weighted by molar-refractivity contribution is 9.10. The van der Waals surface area contributed by atoms with E-state index in [1.807, 2.05) is 0 Å². The highest BCUT2D eigenvalue weighted by Gasteiger charge is 2.13. The first kappa shape index (κ1) is 23.2. The van der Waals surface area contributed by atoms with Crippen LogP contribution in [0.2, 0.25) is 0 Å². The van der Waals surface area contributed by atoms with Crippen molar-refractivity contribution in [1.29, 1.82) is 0 Å². The number of ether oxygens (including phenoxy) is 2. The molecule has 0 unspecified atom stereocenters. The van der Waals surface area contributed by atoms with Gasteiger partial charge < -0.3 is 14.8 Å². The lowest BCUT2D eigenvalue weighted by Gasteiger charge is -2.09. The van der Waals surface area contributed by atoms with Crippen molar-refractivity contribution in [2.45, 2.75) is 0 Å². The van der Waals surface area contributed by atoms with Crippen LogP contribution in [0, 0.1) is 0 Å². The lowest BCUT2D eigenvalue weighted by atomic mass is 10.2. The minimum absolute atomic E-state index is 0.229. The van der Waals surface area contributed by atoms with Crippen LogP contribution in [0.4, 0.5) is 0 Å². The summed E-state index contributed by atoms with van der Waals surface area (Å²) in [6.45, 7) is -0.229. The molecule has 0 aliphatic rings. The molecule has 0 radical (unpaired) electrons. The van der Waals surface area contributed by atoms with Crippen LogP contribution in [0.3, 0.4) is 0 Å². The molecule has 0 saturated carbocycles. The fraction of sp³-hybridized carbons (Fsp3) is 0.0909. The number of hydrazone groups is 1. The monoisotopic (exact) mass is 515 g/mol. The first-order valence-electron chi connectivity index (χ1n) is 9.25. The van der Waals surface area contributed by atoms with E-state index >= 15 is 0 Å². The Labute approximate surface area is 196 Å². The zero-order chi connectivity index (χ0) is 22.9. The maximum Gasteiger partial charge on any atom is 0.353 e. The van der Waals surface area contributed by atoms with Gasteiger partial charge in [-0.3, -0.25) is 9.59 Å². The molecule has 1 heterocycles. The molecule has 32 heavy (non-hydrogen) atoms. The van der Waals surface area contributed by atoms with Crippen molar-refractivity contribution in [3.63, 3.8) is 0 Å². The van der Waals surface area contributed by atoms with Crippen molar-refractivity contribution in [2.75, 3.05) is 13.7 Å². The number of methoxy groups -OCH3 is 1. The van der Waals surface area contributed by atoms with E-state index < -0.39 is 11.9 Å². The average molecular weight is 516 g/mol. The van der Waals surface area contributed by atoms with Gasteiger partial charge in [-0.05, 0) is 59.5 Å². The number of thiophene rings is 1. The number of carbonyl (C=O) groups is 3. The summed E-state index contributed by atoms with van der Waals surface area (Å²) in [7, 11) is 1.45. The lowest BCUT2D eigenvalue weighted by molar-refractivity contribution is -0.120. The predicted molar refractivity (Wildman–Crippen MR) is 124 cm³/mol. The number of amides is 2. The number of halogens is 1. The molecule has 0 spiro atoms.